The van der Waals surface area contributed by atoms with Crippen LogP contribution in [0.15, 0.2) is 23.8 Å². The van der Waals surface area contributed by atoms with Gasteiger partial charge in [0.05, 0.1) is 0 Å². The van der Waals surface area contributed by atoms with Gasteiger partial charge in [0, 0.05) is 11.6 Å². The summed E-state index contributed by atoms with van der Waals surface area (Å²) in [5, 5.41) is 8.99. The third kappa shape index (κ3) is 3.88. The van der Waals surface area contributed by atoms with E-state index in [1.54, 1.807) is 13.0 Å². The first-order valence-electron chi connectivity index (χ1n) is 5.15. The van der Waals surface area contributed by atoms with Crippen molar-refractivity contribution in [1.82, 2.24) is 4.90 Å². The molecule has 0 aromatic rings. The first-order chi connectivity index (χ1) is 6.95. The highest BCUT2D eigenvalue weighted by atomic mass is 16.4. The van der Waals surface area contributed by atoms with Gasteiger partial charge in [0.15, 0.2) is 0 Å². The SMILES string of the molecule is C=CCC(=C(C)C(=O)O)C(CC)N(C)C. The number of aliphatic carboxylic acids is 1. The van der Waals surface area contributed by atoms with Crippen molar-refractivity contribution in [1.29, 1.82) is 0 Å². The van der Waals surface area contributed by atoms with E-state index in [0.29, 0.717) is 12.0 Å². The molecule has 15 heavy (non-hydrogen) atoms. The minimum Gasteiger partial charge on any atom is -0.478 e. The first kappa shape index (κ1) is 13.9. The van der Waals surface area contributed by atoms with Crippen molar-refractivity contribution in [3.05, 3.63) is 23.8 Å². The van der Waals surface area contributed by atoms with Crippen LogP contribution in [-0.4, -0.2) is 36.1 Å². The smallest absolute Gasteiger partial charge is 0.331 e. The number of likely N-dealkylation sites (N-methyl/N-ethyl adjacent to an activating group) is 1. The molecule has 0 bridgehead atoms. The molecule has 0 amide bonds. The Bertz CT molecular complexity index is 267. The van der Waals surface area contributed by atoms with Crippen LogP contribution in [0.25, 0.3) is 0 Å². The molecule has 0 aliphatic carbocycles. The van der Waals surface area contributed by atoms with Crippen molar-refractivity contribution in [3.63, 3.8) is 0 Å². The minimum atomic E-state index is -0.841. The monoisotopic (exact) mass is 211 g/mol. The molecule has 0 radical (unpaired) electrons. The second-order valence-corrected chi connectivity index (χ2v) is 3.84. The third-order valence-corrected chi connectivity index (χ3v) is 2.58. The summed E-state index contributed by atoms with van der Waals surface area (Å²) in [5.74, 6) is -0.841. The van der Waals surface area contributed by atoms with Gasteiger partial charge in [-0.2, -0.15) is 0 Å². The molecule has 0 aliphatic rings. The molecule has 1 atom stereocenters. The Balaban J connectivity index is 5.17. The number of carboxylic acids is 1. The van der Waals surface area contributed by atoms with Crippen LogP contribution in [0.2, 0.25) is 0 Å². The van der Waals surface area contributed by atoms with Crippen molar-refractivity contribution >= 4 is 5.97 Å². The molecule has 0 heterocycles. The average molecular weight is 211 g/mol. The molecule has 0 rings (SSSR count). The van der Waals surface area contributed by atoms with Gasteiger partial charge < -0.3 is 10.0 Å². The Labute approximate surface area is 92.1 Å². The summed E-state index contributed by atoms with van der Waals surface area (Å²) < 4.78 is 0. The molecule has 0 spiro atoms. The summed E-state index contributed by atoms with van der Waals surface area (Å²) in [6, 6.07) is 0.180. The summed E-state index contributed by atoms with van der Waals surface area (Å²) in [6.45, 7) is 7.39. The normalized spacial score (nSPS) is 14.7. The van der Waals surface area contributed by atoms with E-state index in [2.05, 4.69) is 13.5 Å². The lowest BCUT2D eigenvalue weighted by Crippen LogP contribution is -2.30. The second-order valence-electron chi connectivity index (χ2n) is 3.84. The van der Waals surface area contributed by atoms with Gasteiger partial charge in [-0.15, -0.1) is 6.58 Å². The van der Waals surface area contributed by atoms with Gasteiger partial charge in [-0.1, -0.05) is 13.0 Å². The number of hydrogen-bond donors (Lipinski definition) is 1. The number of hydrogen-bond acceptors (Lipinski definition) is 2. The highest BCUT2D eigenvalue weighted by Gasteiger charge is 2.18. The molecule has 3 nitrogen and oxygen atoms in total. The predicted molar refractivity (Wildman–Crippen MR) is 62.9 cm³/mol. The number of carboxylic acid groups (broad SMARTS) is 1. The summed E-state index contributed by atoms with van der Waals surface area (Å²) in [7, 11) is 3.93. The first-order valence-corrected chi connectivity index (χ1v) is 5.15. The summed E-state index contributed by atoms with van der Waals surface area (Å²) in [5.41, 5.74) is 1.39. The van der Waals surface area contributed by atoms with Crippen LogP contribution in [0.4, 0.5) is 0 Å². The van der Waals surface area contributed by atoms with E-state index in [1.807, 2.05) is 19.0 Å². The molecule has 0 aliphatic heterocycles. The van der Waals surface area contributed by atoms with Crippen LogP contribution in [0.1, 0.15) is 26.7 Å². The van der Waals surface area contributed by atoms with E-state index < -0.39 is 5.97 Å². The number of rotatable bonds is 6. The molecular formula is C12H21NO2. The fourth-order valence-corrected chi connectivity index (χ4v) is 1.76. The maximum absolute atomic E-state index is 10.9. The van der Waals surface area contributed by atoms with Crippen LogP contribution in [-0.2, 0) is 4.79 Å². The van der Waals surface area contributed by atoms with Gasteiger partial charge in [0.2, 0.25) is 0 Å². The Morgan fingerprint density at radius 3 is 2.33 bits per heavy atom. The van der Waals surface area contributed by atoms with Crippen molar-refractivity contribution in [2.75, 3.05) is 14.1 Å². The summed E-state index contributed by atoms with van der Waals surface area (Å²) >= 11 is 0. The van der Waals surface area contributed by atoms with Gasteiger partial charge in [-0.25, -0.2) is 4.79 Å². The van der Waals surface area contributed by atoms with E-state index in [1.165, 1.54) is 0 Å². The predicted octanol–water partition coefficient (Wildman–Crippen LogP) is 2.30. The van der Waals surface area contributed by atoms with E-state index in [9.17, 15) is 4.79 Å². The van der Waals surface area contributed by atoms with Crippen LogP contribution in [0.3, 0.4) is 0 Å². The molecule has 86 valence electrons. The molecule has 1 N–H and O–H groups in total. The Morgan fingerprint density at radius 1 is 1.53 bits per heavy atom. The molecule has 1 unspecified atom stereocenters. The molecule has 0 saturated heterocycles. The summed E-state index contributed by atoms with van der Waals surface area (Å²) in [4.78, 5) is 13.0. The van der Waals surface area contributed by atoms with E-state index in [4.69, 9.17) is 5.11 Å². The van der Waals surface area contributed by atoms with E-state index >= 15 is 0 Å². The van der Waals surface area contributed by atoms with Crippen LogP contribution in [0, 0.1) is 0 Å². The van der Waals surface area contributed by atoms with Gasteiger partial charge in [0.1, 0.15) is 0 Å². The maximum Gasteiger partial charge on any atom is 0.331 e. The molecule has 0 aromatic heterocycles. The van der Waals surface area contributed by atoms with Crippen LogP contribution in [0.5, 0.6) is 0 Å². The maximum atomic E-state index is 10.9. The highest BCUT2D eigenvalue weighted by Crippen LogP contribution is 2.20. The number of allylic oxidation sites excluding steroid dienone is 1. The third-order valence-electron chi connectivity index (χ3n) is 2.58. The fourth-order valence-electron chi connectivity index (χ4n) is 1.76. The molecule has 0 aromatic carbocycles. The lowest BCUT2D eigenvalue weighted by molar-refractivity contribution is -0.132. The van der Waals surface area contributed by atoms with Crippen molar-refractivity contribution in [2.45, 2.75) is 32.7 Å². The fraction of sp³-hybridized carbons (Fsp3) is 0.583. The molecular weight excluding hydrogens is 190 g/mol. The van der Waals surface area contributed by atoms with Gasteiger partial charge in [-0.05, 0) is 39.4 Å². The zero-order valence-corrected chi connectivity index (χ0v) is 10.1. The van der Waals surface area contributed by atoms with Crippen molar-refractivity contribution < 1.29 is 9.90 Å². The van der Waals surface area contributed by atoms with Crippen molar-refractivity contribution in [3.8, 4) is 0 Å². The average Bonchev–Trinajstić information content (AvgIpc) is 2.15. The quantitative estimate of drug-likeness (QED) is 0.541. The van der Waals surface area contributed by atoms with Crippen LogP contribution < -0.4 is 0 Å². The van der Waals surface area contributed by atoms with E-state index in [-0.39, 0.29) is 6.04 Å². The Kier molecular flexibility index (Phi) is 5.94. The van der Waals surface area contributed by atoms with Crippen molar-refractivity contribution in [2.24, 2.45) is 0 Å². The largest absolute Gasteiger partial charge is 0.478 e. The highest BCUT2D eigenvalue weighted by molar-refractivity contribution is 5.87. The van der Waals surface area contributed by atoms with Gasteiger partial charge in [-0.3, -0.25) is 0 Å². The standard InChI is InChI=1S/C12H21NO2/c1-6-8-10(9(3)12(14)15)11(7-2)13(4)5/h6,11H,1,7-8H2,2-5H3,(H,14,15). The van der Waals surface area contributed by atoms with Gasteiger partial charge >= 0.3 is 5.97 Å². The Hall–Kier alpha value is -1.09. The van der Waals surface area contributed by atoms with Gasteiger partial charge in [0.25, 0.3) is 0 Å². The Morgan fingerprint density at radius 2 is 2.07 bits per heavy atom. The summed E-state index contributed by atoms with van der Waals surface area (Å²) in [6.07, 6.45) is 3.30. The topological polar surface area (TPSA) is 40.5 Å². The lowest BCUT2D eigenvalue weighted by atomic mass is 9.95. The molecule has 0 saturated carbocycles. The number of carbonyl (C=O) groups is 1. The second kappa shape index (κ2) is 6.40. The molecule has 0 fully saturated rings. The number of nitrogens with zero attached hydrogens (tertiary/aromatic N) is 1. The minimum absolute atomic E-state index is 0.180. The van der Waals surface area contributed by atoms with E-state index in [0.717, 1.165) is 12.0 Å². The zero-order valence-electron chi connectivity index (χ0n) is 10.1. The lowest BCUT2D eigenvalue weighted by Gasteiger charge is -2.26. The molecule has 3 heteroatoms. The van der Waals surface area contributed by atoms with Crippen LogP contribution >= 0.6 is 0 Å². The zero-order chi connectivity index (χ0) is 12.0.